The molecule has 37 heavy (non-hydrogen) atoms. The van der Waals surface area contributed by atoms with Crippen LogP contribution in [0.4, 0.5) is 14.5 Å². The third-order valence-electron chi connectivity index (χ3n) is 6.29. The SMILES string of the molecule is COC(=O)[C@H](Cc1ccc(Br)c2c1CCCO2)NC(=O)c1c(F)cc(N[C@@H](C)c2ccccc2)cc1F. The standard InChI is InChI=1S/C28H27BrF2N2O4/c1-16(17-7-4-3-5-8-17)32-19-14-22(30)25(23(31)15-19)27(34)33-24(28(35)36-2)13-18-10-11-21(29)26-20(18)9-6-12-37-26/h3-5,7-8,10-11,14-16,24,32H,6,9,12-13H2,1-2H3,(H,33,34)/t16-,24-/m0/s1. The van der Waals surface area contributed by atoms with E-state index in [9.17, 15) is 18.4 Å². The van der Waals surface area contributed by atoms with Crippen molar-refractivity contribution >= 4 is 33.5 Å². The summed E-state index contributed by atoms with van der Waals surface area (Å²) in [6.45, 7) is 2.44. The van der Waals surface area contributed by atoms with E-state index in [1.165, 1.54) is 7.11 Å². The third kappa shape index (κ3) is 6.10. The molecule has 0 radical (unpaired) electrons. The number of hydrogen-bond acceptors (Lipinski definition) is 5. The monoisotopic (exact) mass is 572 g/mol. The van der Waals surface area contributed by atoms with Crippen molar-refractivity contribution in [3.63, 3.8) is 0 Å². The molecule has 0 saturated carbocycles. The Morgan fingerprint density at radius 2 is 1.81 bits per heavy atom. The van der Waals surface area contributed by atoms with Crippen LogP contribution in [0.3, 0.4) is 0 Å². The van der Waals surface area contributed by atoms with Gasteiger partial charge >= 0.3 is 5.97 Å². The number of fused-ring (bicyclic) bond motifs is 1. The van der Waals surface area contributed by atoms with Crippen LogP contribution < -0.4 is 15.4 Å². The van der Waals surface area contributed by atoms with Gasteiger partial charge in [-0.2, -0.15) is 0 Å². The Balaban J connectivity index is 1.54. The van der Waals surface area contributed by atoms with Crippen LogP contribution in [0, 0.1) is 11.6 Å². The molecule has 1 amide bonds. The summed E-state index contributed by atoms with van der Waals surface area (Å²) >= 11 is 3.47. The van der Waals surface area contributed by atoms with Crippen LogP contribution in [0.2, 0.25) is 0 Å². The lowest BCUT2D eigenvalue weighted by Crippen LogP contribution is -2.43. The molecule has 3 aromatic rings. The molecule has 194 valence electrons. The van der Waals surface area contributed by atoms with Gasteiger partial charge in [-0.05, 0) is 70.6 Å². The number of ether oxygens (including phenoxy) is 2. The lowest BCUT2D eigenvalue weighted by Gasteiger charge is -2.24. The molecule has 0 fully saturated rings. The Hall–Kier alpha value is -3.46. The molecule has 2 N–H and O–H groups in total. The van der Waals surface area contributed by atoms with Crippen molar-refractivity contribution in [3.05, 3.63) is 93.0 Å². The van der Waals surface area contributed by atoms with E-state index in [1.807, 2.05) is 43.3 Å². The topological polar surface area (TPSA) is 76.7 Å². The number of anilines is 1. The van der Waals surface area contributed by atoms with Crippen molar-refractivity contribution in [3.8, 4) is 5.75 Å². The molecule has 9 heteroatoms. The number of benzene rings is 3. The summed E-state index contributed by atoms with van der Waals surface area (Å²) in [6.07, 6.45) is 1.63. The van der Waals surface area contributed by atoms with Crippen molar-refractivity contribution in [2.45, 2.75) is 38.3 Å². The highest BCUT2D eigenvalue weighted by Crippen LogP contribution is 2.36. The summed E-state index contributed by atoms with van der Waals surface area (Å²) in [7, 11) is 1.19. The Bertz CT molecular complexity index is 1280. The lowest BCUT2D eigenvalue weighted by atomic mass is 9.95. The maximum absolute atomic E-state index is 15.0. The van der Waals surface area contributed by atoms with Crippen molar-refractivity contribution < 1.29 is 27.8 Å². The molecule has 0 bridgehead atoms. The minimum absolute atomic E-state index is 0.0782. The number of halogens is 3. The van der Waals surface area contributed by atoms with Gasteiger partial charge in [-0.1, -0.05) is 36.4 Å². The van der Waals surface area contributed by atoms with E-state index in [1.54, 1.807) is 6.07 Å². The van der Waals surface area contributed by atoms with Gasteiger partial charge in [0.05, 0.1) is 18.2 Å². The second-order valence-electron chi connectivity index (χ2n) is 8.81. The van der Waals surface area contributed by atoms with Crippen LogP contribution >= 0.6 is 15.9 Å². The molecule has 6 nitrogen and oxygen atoms in total. The van der Waals surface area contributed by atoms with E-state index >= 15 is 0 Å². The summed E-state index contributed by atoms with van der Waals surface area (Å²) in [5.74, 6) is -3.16. The second kappa shape index (κ2) is 11.7. The fourth-order valence-corrected chi connectivity index (χ4v) is 4.90. The fraction of sp³-hybridized carbons (Fsp3) is 0.286. The largest absolute Gasteiger partial charge is 0.492 e. The average molecular weight is 573 g/mol. The molecule has 1 heterocycles. The molecule has 1 aliphatic heterocycles. The van der Waals surface area contributed by atoms with Crippen LogP contribution in [0.25, 0.3) is 0 Å². The zero-order chi connectivity index (χ0) is 26.5. The van der Waals surface area contributed by atoms with E-state index in [4.69, 9.17) is 9.47 Å². The Morgan fingerprint density at radius 1 is 1.11 bits per heavy atom. The molecule has 4 rings (SSSR count). The van der Waals surface area contributed by atoms with Crippen molar-refractivity contribution in [2.24, 2.45) is 0 Å². The number of carbonyl (C=O) groups is 2. The van der Waals surface area contributed by atoms with Crippen LogP contribution in [0.1, 0.15) is 46.4 Å². The first kappa shape index (κ1) is 26.6. The normalized spacial score (nSPS) is 14.1. The second-order valence-corrected chi connectivity index (χ2v) is 9.67. The molecule has 1 aliphatic rings. The van der Waals surface area contributed by atoms with Gasteiger partial charge in [0.25, 0.3) is 5.91 Å². The van der Waals surface area contributed by atoms with E-state index in [2.05, 4.69) is 26.6 Å². The van der Waals surface area contributed by atoms with Gasteiger partial charge < -0.3 is 20.1 Å². The summed E-state index contributed by atoms with van der Waals surface area (Å²) < 4.78 is 41.3. The minimum Gasteiger partial charge on any atom is -0.492 e. The van der Waals surface area contributed by atoms with E-state index in [0.29, 0.717) is 12.4 Å². The molecule has 0 aliphatic carbocycles. The molecular formula is C28H27BrF2N2O4. The zero-order valence-corrected chi connectivity index (χ0v) is 22.0. The number of nitrogens with one attached hydrogen (secondary N) is 2. The van der Waals surface area contributed by atoms with Crippen LogP contribution in [0.15, 0.2) is 59.1 Å². The fourth-order valence-electron chi connectivity index (χ4n) is 4.42. The number of rotatable bonds is 8. The van der Waals surface area contributed by atoms with Crippen molar-refractivity contribution in [1.82, 2.24) is 5.32 Å². The smallest absolute Gasteiger partial charge is 0.328 e. The van der Waals surface area contributed by atoms with Crippen molar-refractivity contribution in [1.29, 1.82) is 0 Å². The third-order valence-corrected chi connectivity index (χ3v) is 6.92. The van der Waals surface area contributed by atoms with Crippen molar-refractivity contribution in [2.75, 3.05) is 19.0 Å². The Labute approximate surface area is 222 Å². The molecule has 0 spiro atoms. The van der Waals surface area contributed by atoms with Gasteiger partial charge in [0.1, 0.15) is 29.0 Å². The highest BCUT2D eigenvalue weighted by molar-refractivity contribution is 9.10. The predicted octanol–water partition coefficient (Wildman–Crippen LogP) is 5.74. The van der Waals surface area contributed by atoms with Gasteiger partial charge in [0.15, 0.2) is 0 Å². The molecule has 2 atom stereocenters. The molecule has 3 aromatic carbocycles. The zero-order valence-electron chi connectivity index (χ0n) is 20.4. The van der Waals surface area contributed by atoms with Gasteiger partial charge in [0, 0.05) is 18.2 Å². The predicted molar refractivity (Wildman–Crippen MR) is 140 cm³/mol. The number of hydrogen-bond donors (Lipinski definition) is 2. The highest BCUT2D eigenvalue weighted by Gasteiger charge is 2.28. The van der Waals surface area contributed by atoms with E-state index < -0.39 is 35.1 Å². The van der Waals surface area contributed by atoms with Crippen LogP contribution in [-0.2, 0) is 22.4 Å². The van der Waals surface area contributed by atoms with Gasteiger partial charge in [-0.25, -0.2) is 13.6 Å². The van der Waals surface area contributed by atoms with Gasteiger partial charge in [-0.15, -0.1) is 0 Å². The number of amides is 1. The van der Waals surface area contributed by atoms with Crippen LogP contribution in [0.5, 0.6) is 5.75 Å². The number of carbonyl (C=O) groups excluding carboxylic acids is 2. The Kier molecular flexibility index (Phi) is 8.43. The molecule has 0 saturated heterocycles. The molecule has 0 unspecified atom stereocenters. The summed E-state index contributed by atoms with van der Waals surface area (Å²) in [6, 6.07) is 13.8. The first-order valence-corrected chi connectivity index (χ1v) is 12.7. The quantitative estimate of drug-likeness (QED) is 0.337. The summed E-state index contributed by atoms with van der Waals surface area (Å²) in [4.78, 5) is 25.5. The van der Waals surface area contributed by atoms with Gasteiger partial charge in [0.2, 0.25) is 0 Å². The Morgan fingerprint density at radius 3 is 2.49 bits per heavy atom. The van der Waals surface area contributed by atoms with Crippen LogP contribution in [-0.4, -0.2) is 31.6 Å². The average Bonchev–Trinajstić information content (AvgIpc) is 2.89. The van der Waals surface area contributed by atoms with E-state index in [-0.39, 0.29) is 18.2 Å². The molecular weight excluding hydrogens is 546 g/mol. The minimum atomic E-state index is -1.15. The lowest BCUT2D eigenvalue weighted by molar-refractivity contribution is -0.142. The highest BCUT2D eigenvalue weighted by atomic mass is 79.9. The first-order valence-electron chi connectivity index (χ1n) is 11.9. The maximum Gasteiger partial charge on any atom is 0.328 e. The summed E-state index contributed by atoms with van der Waals surface area (Å²) in [5, 5.41) is 5.49. The van der Waals surface area contributed by atoms with Gasteiger partial charge in [-0.3, -0.25) is 4.79 Å². The number of esters is 1. The molecule has 0 aromatic heterocycles. The summed E-state index contributed by atoms with van der Waals surface area (Å²) in [5.41, 5.74) is 2.06. The first-order chi connectivity index (χ1) is 17.8. The number of methoxy groups -OCH3 is 1. The maximum atomic E-state index is 15.0. The van der Waals surface area contributed by atoms with E-state index in [0.717, 1.165) is 46.1 Å².